The van der Waals surface area contributed by atoms with Crippen molar-refractivity contribution >= 4 is 27.3 Å². The molecule has 4 heteroatoms. The fraction of sp³-hybridized carbons (Fsp3) is 0.556. The van der Waals surface area contributed by atoms with E-state index in [0.717, 1.165) is 19.5 Å². The van der Waals surface area contributed by atoms with Crippen LogP contribution in [0.3, 0.4) is 0 Å². The maximum absolute atomic E-state index is 9.60. The standard InChI is InChI=1S/C9H12BrNOS/c10-9-6(1-2-13-9)3-7-4-11-5-8(7)12/h1-2,7-8,11-12H,3-5H2. The number of halogens is 1. The van der Waals surface area contributed by atoms with E-state index in [1.54, 1.807) is 11.3 Å². The Morgan fingerprint density at radius 1 is 1.62 bits per heavy atom. The molecule has 2 unspecified atom stereocenters. The lowest BCUT2D eigenvalue weighted by molar-refractivity contribution is 0.147. The first-order valence-electron chi connectivity index (χ1n) is 4.38. The number of aliphatic hydroxyl groups excluding tert-OH is 1. The minimum absolute atomic E-state index is 0.174. The van der Waals surface area contributed by atoms with Gasteiger partial charge in [-0.1, -0.05) is 0 Å². The Kier molecular flexibility index (Phi) is 3.03. The summed E-state index contributed by atoms with van der Waals surface area (Å²) in [7, 11) is 0. The summed E-state index contributed by atoms with van der Waals surface area (Å²) in [6, 6.07) is 2.12. The van der Waals surface area contributed by atoms with Crippen LogP contribution in [0, 0.1) is 5.92 Å². The summed E-state index contributed by atoms with van der Waals surface area (Å²) < 4.78 is 1.20. The Morgan fingerprint density at radius 3 is 3.00 bits per heavy atom. The molecule has 2 rings (SSSR count). The monoisotopic (exact) mass is 261 g/mol. The lowest BCUT2D eigenvalue weighted by Crippen LogP contribution is -2.19. The molecule has 1 saturated heterocycles. The molecular weight excluding hydrogens is 250 g/mol. The second-order valence-corrected chi connectivity index (χ2v) is 5.64. The molecule has 0 spiro atoms. The van der Waals surface area contributed by atoms with Crippen molar-refractivity contribution in [3.05, 3.63) is 20.8 Å². The summed E-state index contributed by atoms with van der Waals surface area (Å²) in [5, 5.41) is 14.9. The smallest absolute Gasteiger partial charge is 0.0730 e. The lowest BCUT2D eigenvalue weighted by atomic mass is 9.99. The van der Waals surface area contributed by atoms with Gasteiger partial charge in [0.25, 0.3) is 0 Å². The van der Waals surface area contributed by atoms with E-state index in [1.807, 2.05) is 0 Å². The molecule has 0 aliphatic carbocycles. The van der Waals surface area contributed by atoms with Crippen LogP contribution in [0.2, 0.25) is 0 Å². The van der Waals surface area contributed by atoms with Gasteiger partial charge in [0.1, 0.15) is 0 Å². The van der Waals surface area contributed by atoms with Crippen molar-refractivity contribution in [1.29, 1.82) is 0 Å². The average Bonchev–Trinajstić information content (AvgIpc) is 2.65. The van der Waals surface area contributed by atoms with Crippen LogP contribution >= 0.6 is 27.3 Å². The summed E-state index contributed by atoms with van der Waals surface area (Å²) in [4.78, 5) is 0. The molecule has 2 atom stereocenters. The van der Waals surface area contributed by atoms with E-state index in [0.29, 0.717) is 5.92 Å². The van der Waals surface area contributed by atoms with Gasteiger partial charge < -0.3 is 10.4 Å². The number of nitrogens with one attached hydrogen (secondary N) is 1. The van der Waals surface area contributed by atoms with Crippen LogP contribution in [-0.2, 0) is 6.42 Å². The van der Waals surface area contributed by atoms with Gasteiger partial charge in [-0.25, -0.2) is 0 Å². The predicted molar refractivity (Wildman–Crippen MR) is 58.1 cm³/mol. The van der Waals surface area contributed by atoms with Crippen LogP contribution in [0.5, 0.6) is 0 Å². The molecule has 72 valence electrons. The molecule has 0 amide bonds. The Hall–Kier alpha value is 0.100. The van der Waals surface area contributed by atoms with Gasteiger partial charge in [0.2, 0.25) is 0 Å². The molecular formula is C9H12BrNOS. The summed E-state index contributed by atoms with van der Waals surface area (Å²) >= 11 is 5.21. The zero-order chi connectivity index (χ0) is 9.26. The first-order chi connectivity index (χ1) is 6.27. The molecule has 1 fully saturated rings. The molecule has 1 aromatic heterocycles. The summed E-state index contributed by atoms with van der Waals surface area (Å²) in [5.74, 6) is 0.380. The second kappa shape index (κ2) is 4.09. The number of hydrogen-bond donors (Lipinski definition) is 2. The average molecular weight is 262 g/mol. The highest BCUT2D eigenvalue weighted by Gasteiger charge is 2.25. The third kappa shape index (κ3) is 2.13. The van der Waals surface area contributed by atoms with E-state index in [-0.39, 0.29) is 6.10 Å². The maximum Gasteiger partial charge on any atom is 0.0730 e. The van der Waals surface area contributed by atoms with E-state index < -0.39 is 0 Å². The van der Waals surface area contributed by atoms with Crippen molar-refractivity contribution in [3.63, 3.8) is 0 Å². The molecule has 0 radical (unpaired) electrons. The van der Waals surface area contributed by atoms with Crippen LogP contribution in [0.15, 0.2) is 15.2 Å². The van der Waals surface area contributed by atoms with E-state index in [4.69, 9.17) is 0 Å². The van der Waals surface area contributed by atoms with Gasteiger partial charge in [-0.2, -0.15) is 0 Å². The number of thiophene rings is 1. The molecule has 13 heavy (non-hydrogen) atoms. The Labute approximate surface area is 90.1 Å². The van der Waals surface area contributed by atoms with Gasteiger partial charge in [-0.3, -0.25) is 0 Å². The maximum atomic E-state index is 9.60. The van der Waals surface area contributed by atoms with Gasteiger partial charge >= 0.3 is 0 Å². The molecule has 2 N–H and O–H groups in total. The van der Waals surface area contributed by atoms with Crippen LogP contribution < -0.4 is 5.32 Å². The quantitative estimate of drug-likeness (QED) is 0.849. The Bertz CT molecular complexity index is 289. The highest BCUT2D eigenvalue weighted by molar-refractivity contribution is 9.11. The molecule has 2 heterocycles. The zero-order valence-electron chi connectivity index (χ0n) is 7.16. The molecule has 1 aliphatic rings. The van der Waals surface area contributed by atoms with Crippen LogP contribution in [0.1, 0.15) is 5.56 Å². The molecule has 0 saturated carbocycles. The number of hydrogen-bond acceptors (Lipinski definition) is 3. The predicted octanol–water partition coefficient (Wildman–Crippen LogP) is 1.63. The summed E-state index contributed by atoms with van der Waals surface area (Å²) in [6.45, 7) is 1.68. The number of aliphatic hydroxyl groups is 1. The molecule has 0 bridgehead atoms. The Morgan fingerprint density at radius 2 is 2.46 bits per heavy atom. The lowest BCUT2D eigenvalue weighted by Gasteiger charge is -2.11. The van der Waals surface area contributed by atoms with Gasteiger partial charge in [-0.05, 0) is 39.4 Å². The third-order valence-corrected chi connectivity index (χ3v) is 4.29. The van der Waals surface area contributed by atoms with Crippen LogP contribution in [-0.4, -0.2) is 24.3 Å². The second-order valence-electron chi connectivity index (χ2n) is 3.41. The first kappa shape index (κ1) is 9.65. The van der Waals surface area contributed by atoms with Crippen molar-refractivity contribution in [3.8, 4) is 0 Å². The third-order valence-electron chi connectivity index (χ3n) is 2.48. The van der Waals surface area contributed by atoms with Gasteiger partial charge in [-0.15, -0.1) is 11.3 Å². The molecule has 2 nitrogen and oxygen atoms in total. The topological polar surface area (TPSA) is 32.3 Å². The largest absolute Gasteiger partial charge is 0.391 e. The summed E-state index contributed by atoms with van der Waals surface area (Å²) in [5.41, 5.74) is 1.32. The van der Waals surface area contributed by atoms with Crippen molar-refractivity contribution in [2.24, 2.45) is 5.92 Å². The van der Waals surface area contributed by atoms with E-state index in [1.165, 1.54) is 9.35 Å². The fourth-order valence-corrected chi connectivity index (χ4v) is 2.95. The van der Waals surface area contributed by atoms with E-state index >= 15 is 0 Å². The van der Waals surface area contributed by atoms with E-state index in [9.17, 15) is 5.11 Å². The van der Waals surface area contributed by atoms with Gasteiger partial charge in [0, 0.05) is 19.0 Å². The fourth-order valence-electron chi connectivity index (χ4n) is 1.68. The van der Waals surface area contributed by atoms with Gasteiger partial charge in [0.05, 0.1) is 9.89 Å². The minimum Gasteiger partial charge on any atom is -0.391 e. The first-order valence-corrected chi connectivity index (χ1v) is 6.05. The van der Waals surface area contributed by atoms with Crippen LogP contribution in [0.25, 0.3) is 0 Å². The highest BCUT2D eigenvalue weighted by Crippen LogP contribution is 2.27. The Balaban J connectivity index is 2.01. The summed E-state index contributed by atoms with van der Waals surface area (Å²) in [6.07, 6.45) is 0.796. The van der Waals surface area contributed by atoms with E-state index in [2.05, 4.69) is 32.7 Å². The number of β-amino-alcohol motifs (C(OH)–C–C–N with tert-alkyl or cyclic N) is 1. The van der Waals surface area contributed by atoms with Crippen molar-refractivity contribution in [2.45, 2.75) is 12.5 Å². The van der Waals surface area contributed by atoms with Crippen LogP contribution in [0.4, 0.5) is 0 Å². The van der Waals surface area contributed by atoms with Gasteiger partial charge in [0.15, 0.2) is 0 Å². The molecule has 0 aromatic carbocycles. The van der Waals surface area contributed by atoms with Crippen molar-refractivity contribution in [2.75, 3.05) is 13.1 Å². The van der Waals surface area contributed by atoms with Crippen molar-refractivity contribution in [1.82, 2.24) is 5.32 Å². The zero-order valence-corrected chi connectivity index (χ0v) is 9.57. The molecule has 1 aliphatic heterocycles. The minimum atomic E-state index is -0.174. The molecule has 1 aromatic rings. The normalized spacial score (nSPS) is 28.2. The SMILES string of the molecule is OC1CNCC1Cc1ccsc1Br. The van der Waals surface area contributed by atoms with Crippen molar-refractivity contribution < 1.29 is 5.11 Å². The number of rotatable bonds is 2. The highest BCUT2D eigenvalue weighted by atomic mass is 79.9.